The van der Waals surface area contributed by atoms with Gasteiger partial charge in [-0.05, 0) is 76.1 Å². The summed E-state index contributed by atoms with van der Waals surface area (Å²) in [5, 5.41) is 13.6. The van der Waals surface area contributed by atoms with Gasteiger partial charge in [-0.2, -0.15) is 0 Å². The first-order chi connectivity index (χ1) is 15.9. The van der Waals surface area contributed by atoms with Crippen molar-refractivity contribution in [3.63, 3.8) is 0 Å². The molecule has 0 radical (unpaired) electrons. The van der Waals surface area contributed by atoms with Gasteiger partial charge in [-0.3, -0.25) is 14.9 Å². The molecule has 0 atom stereocenters. The fraction of sp³-hybridized carbons (Fsp3) is 0.115. The monoisotopic (exact) mass is 460 g/mol. The van der Waals surface area contributed by atoms with E-state index in [0.29, 0.717) is 5.56 Å². The summed E-state index contributed by atoms with van der Waals surface area (Å²) < 4.78 is 14.0. The number of non-ortho nitro benzene ring substituents is 1. The standard InChI is InChI=1S/C26H21FN2O3S/c1-33-23-9-4-17(5-10-23)12-19-13-20(25-15-21(27)6-11-24(19)25)14-26(30)28-16-18-2-7-22(8-3-18)29(31)32/h2-13,15H,14,16H2,1H3,(H,28,30). The molecule has 0 aromatic heterocycles. The van der Waals surface area contributed by atoms with E-state index in [1.54, 1.807) is 30.0 Å². The third-order valence-electron chi connectivity index (χ3n) is 5.39. The first kappa shape index (κ1) is 22.5. The van der Waals surface area contributed by atoms with Crippen molar-refractivity contribution in [3.05, 3.63) is 111 Å². The molecule has 0 saturated heterocycles. The maximum atomic E-state index is 14.0. The van der Waals surface area contributed by atoms with Gasteiger partial charge in [0.05, 0.1) is 11.3 Å². The molecule has 1 N–H and O–H groups in total. The van der Waals surface area contributed by atoms with Crippen molar-refractivity contribution in [2.45, 2.75) is 17.9 Å². The van der Waals surface area contributed by atoms with Gasteiger partial charge < -0.3 is 5.32 Å². The molecule has 0 bridgehead atoms. The summed E-state index contributed by atoms with van der Waals surface area (Å²) in [6.07, 6.45) is 6.09. The summed E-state index contributed by atoms with van der Waals surface area (Å²) in [4.78, 5) is 24.1. The fourth-order valence-electron chi connectivity index (χ4n) is 3.69. The lowest BCUT2D eigenvalue weighted by atomic mass is 10.0. The maximum absolute atomic E-state index is 14.0. The van der Waals surface area contributed by atoms with Crippen molar-refractivity contribution < 1.29 is 14.1 Å². The second-order valence-electron chi connectivity index (χ2n) is 7.61. The Labute approximate surface area is 195 Å². The predicted molar refractivity (Wildman–Crippen MR) is 130 cm³/mol. The predicted octanol–water partition coefficient (Wildman–Crippen LogP) is 6.10. The molecule has 0 heterocycles. The molecule has 166 valence electrons. The van der Waals surface area contributed by atoms with Crippen molar-refractivity contribution >= 4 is 40.6 Å². The van der Waals surface area contributed by atoms with Gasteiger partial charge in [0.15, 0.2) is 0 Å². The van der Waals surface area contributed by atoms with Crippen LogP contribution in [-0.4, -0.2) is 17.1 Å². The molecule has 1 amide bonds. The van der Waals surface area contributed by atoms with Crippen LogP contribution in [0.2, 0.25) is 0 Å². The lowest BCUT2D eigenvalue weighted by Gasteiger charge is -2.08. The van der Waals surface area contributed by atoms with Gasteiger partial charge >= 0.3 is 0 Å². The Morgan fingerprint density at radius 2 is 1.79 bits per heavy atom. The summed E-state index contributed by atoms with van der Waals surface area (Å²) in [7, 11) is 0. The number of nitro groups is 1. The molecule has 1 aliphatic rings. The number of amides is 1. The van der Waals surface area contributed by atoms with E-state index in [1.165, 1.54) is 29.2 Å². The first-order valence-electron chi connectivity index (χ1n) is 10.3. The van der Waals surface area contributed by atoms with Crippen LogP contribution in [0.5, 0.6) is 0 Å². The molecule has 33 heavy (non-hydrogen) atoms. The zero-order chi connectivity index (χ0) is 23.4. The van der Waals surface area contributed by atoms with Crippen molar-refractivity contribution in [2.24, 2.45) is 0 Å². The van der Waals surface area contributed by atoms with Crippen molar-refractivity contribution in [2.75, 3.05) is 6.26 Å². The van der Waals surface area contributed by atoms with E-state index in [-0.39, 0.29) is 30.4 Å². The van der Waals surface area contributed by atoms with Gasteiger partial charge in [0.2, 0.25) is 5.91 Å². The molecule has 0 spiro atoms. The molecule has 3 aromatic carbocycles. The molecule has 0 aliphatic heterocycles. The molecule has 4 rings (SSSR count). The zero-order valence-corrected chi connectivity index (χ0v) is 18.7. The topological polar surface area (TPSA) is 72.2 Å². The maximum Gasteiger partial charge on any atom is 0.269 e. The number of carbonyl (C=O) groups is 1. The molecular weight excluding hydrogens is 439 g/mol. The van der Waals surface area contributed by atoms with E-state index in [0.717, 1.165) is 27.8 Å². The second-order valence-corrected chi connectivity index (χ2v) is 8.49. The fourth-order valence-corrected chi connectivity index (χ4v) is 4.10. The molecule has 0 fully saturated rings. The quantitative estimate of drug-likeness (QED) is 0.263. The van der Waals surface area contributed by atoms with Crippen LogP contribution >= 0.6 is 11.8 Å². The molecule has 5 nitrogen and oxygen atoms in total. The van der Waals surface area contributed by atoms with E-state index in [9.17, 15) is 19.3 Å². The highest BCUT2D eigenvalue weighted by molar-refractivity contribution is 7.98. The van der Waals surface area contributed by atoms with Crippen molar-refractivity contribution in [1.29, 1.82) is 0 Å². The molecule has 1 aliphatic carbocycles. The van der Waals surface area contributed by atoms with Crippen LogP contribution < -0.4 is 5.32 Å². The van der Waals surface area contributed by atoms with E-state index in [2.05, 4.69) is 5.32 Å². The van der Waals surface area contributed by atoms with E-state index in [1.807, 2.05) is 42.7 Å². The van der Waals surface area contributed by atoms with Crippen LogP contribution in [0.4, 0.5) is 10.1 Å². The Bertz CT molecular complexity index is 1270. The Morgan fingerprint density at radius 1 is 1.06 bits per heavy atom. The number of nitrogens with one attached hydrogen (secondary N) is 1. The molecule has 0 unspecified atom stereocenters. The smallest absolute Gasteiger partial charge is 0.269 e. The summed E-state index contributed by atoms with van der Waals surface area (Å²) in [5.74, 6) is -0.558. The van der Waals surface area contributed by atoms with Crippen LogP contribution in [0.3, 0.4) is 0 Å². The van der Waals surface area contributed by atoms with Gasteiger partial charge in [0.25, 0.3) is 5.69 Å². The number of hydrogen-bond acceptors (Lipinski definition) is 4. The van der Waals surface area contributed by atoms with Crippen molar-refractivity contribution in [3.8, 4) is 0 Å². The number of thioether (sulfide) groups is 1. The Hall–Kier alpha value is -3.71. The van der Waals surface area contributed by atoms with Crippen LogP contribution in [0.25, 0.3) is 17.2 Å². The molecular formula is C26H21FN2O3S. The number of nitro benzene ring substituents is 1. The minimum atomic E-state index is -0.465. The third-order valence-corrected chi connectivity index (χ3v) is 6.14. The summed E-state index contributed by atoms with van der Waals surface area (Å²) >= 11 is 1.67. The number of carbonyl (C=O) groups excluding carboxylic acids is 1. The Morgan fingerprint density at radius 3 is 2.45 bits per heavy atom. The number of fused-ring (bicyclic) bond motifs is 1. The summed E-state index contributed by atoms with van der Waals surface area (Å²) in [6.45, 7) is 0.255. The first-order valence-corrected chi connectivity index (χ1v) is 11.5. The van der Waals surface area contributed by atoms with Gasteiger partial charge in [-0.25, -0.2) is 4.39 Å². The van der Waals surface area contributed by atoms with Gasteiger partial charge in [-0.15, -0.1) is 11.8 Å². The van der Waals surface area contributed by atoms with E-state index >= 15 is 0 Å². The van der Waals surface area contributed by atoms with E-state index in [4.69, 9.17) is 0 Å². The normalized spacial score (nSPS) is 13.5. The number of nitrogens with zero attached hydrogens (tertiary/aromatic N) is 1. The second kappa shape index (κ2) is 9.83. The lowest BCUT2D eigenvalue weighted by molar-refractivity contribution is -0.384. The van der Waals surface area contributed by atoms with Gasteiger partial charge in [-0.1, -0.05) is 30.3 Å². The number of rotatable bonds is 7. The van der Waals surface area contributed by atoms with Crippen LogP contribution in [-0.2, 0) is 11.3 Å². The number of halogens is 1. The van der Waals surface area contributed by atoms with E-state index < -0.39 is 4.92 Å². The summed E-state index contributed by atoms with van der Waals surface area (Å²) in [6, 6.07) is 18.8. The largest absolute Gasteiger partial charge is 0.352 e. The third kappa shape index (κ3) is 5.38. The minimum Gasteiger partial charge on any atom is -0.352 e. The molecule has 7 heteroatoms. The lowest BCUT2D eigenvalue weighted by Crippen LogP contribution is -2.22. The van der Waals surface area contributed by atoms with Gasteiger partial charge in [0.1, 0.15) is 5.82 Å². The van der Waals surface area contributed by atoms with Crippen molar-refractivity contribution in [1.82, 2.24) is 5.32 Å². The molecule has 3 aromatic rings. The summed E-state index contributed by atoms with van der Waals surface area (Å²) in [5.41, 5.74) is 5.07. The Kier molecular flexibility index (Phi) is 6.70. The van der Waals surface area contributed by atoms with Crippen LogP contribution in [0.15, 0.2) is 77.7 Å². The molecule has 0 saturated carbocycles. The highest BCUT2D eigenvalue weighted by atomic mass is 32.2. The van der Waals surface area contributed by atoms with Crippen LogP contribution in [0, 0.1) is 15.9 Å². The van der Waals surface area contributed by atoms with Crippen LogP contribution in [0.1, 0.15) is 28.7 Å². The SMILES string of the molecule is CSc1ccc(C=C2C=C(CC(=O)NCc3ccc([N+](=O)[O-])cc3)c3cc(F)ccc32)cc1. The average molecular weight is 461 g/mol. The Balaban J connectivity index is 1.50. The minimum absolute atomic E-state index is 0.00206. The van der Waals surface area contributed by atoms with Gasteiger partial charge in [0, 0.05) is 23.6 Å². The highest BCUT2D eigenvalue weighted by Crippen LogP contribution is 2.38. The highest BCUT2D eigenvalue weighted by Gasteiger charge is 2.21. The zero-order valence-electron chi connectivity index (χ0n) is 17.9. The average Bonchev–Trinajstić information content (AvgIpc) is 3.14. The number of allylic oxidation sites excluding steroid dienone is 2. The number of hydrogen-bond donors (Lipinski definition) is 1. The number of benzene rings is 3.